The smallest absolute Gasteiger partial charge is 0.116 e. The zero-order chi connectivity index (χ0) is 8.41. The first kappa shape index (κ1) is 12.3. The zero-order valence-corrected chi connectivity index (χ0v) is 7.35. The minimum atomic E-state index is 0.750. The second-order valence-corrected chi connectivity index (χ2v) is 2.14. The van der Waals surface area contributed by atoms with Gasteiger partial charge in [0, 0.05) is 13.1 Å². The summed E-state index contributed by atoms with van der Waals surface area (Å²) in [5, 5.41) is 3.06. The van der Waals surface area contributed by atoms with Crippen LogP contribution in [0.5, 0.6) is 0 Å². The fraction of sp³-hybridized carbons (Fsp3) is 0.857. The highest BCUT2D eigenvalue weighted by molar-refractivity contribution is 5.44. The lowest BCUT2D eigenvalue weighted by Crippen LogP contribution is -2.23. The third kappa shape index (κ3) is 25.6. The van der Waals surface area contributed by atoms with Crippen molar-refractivity contribution in [1.82, 2.24) is 10.2 Å². The van der Waals surface area contributed by atoms with Crippen molar-refractivity contribution in [2.75, 3.05) is 34.2 Å². The van der Waals surface area contributed by atoms with Gasteiger partial charge in [-0.05, 0) is 28.1 Å². The van der Waals surface area contributed by atoms with Crippen LogP contribution >= 0.6 is 0 Å². The summed E-state index contributed by atoms with van der Waals surface area (Å²) in [4.78, 5) is 11.0. The summed E-state index contributed by atoms with van der Waals surface area (Å²) in [7, 11) is 6.10. The van der Waals surface area contributed by atoms with Gasteiger partial charge in [0.05, 0.1) is 0 Å². The molecule has 0 rings (SSSR count). The third-order valence-corrected chi connectivity index (χ3v) is 0.809. The van der Waals surface area contributed by atoms with Gasteiger partial charge in [0.2, 0.25) is 0 Å². The Morgan fingerprint density at radius 1 is 1.50 bits per heavy atom. The first-order valence-corrected chi connectivity index (χ1v) is 3.38. The van der Waals surface area contributed by atoms with Crippen LogP contribution in [0.2, 0.25) is 0 Å². The Balaban J connectivity index is 0. The van der Waals surface area contributed by atoms with Crippen molar-refractivity contribution in [3.8, 4) is 0 Å². The number of carbonyl (C=O) groups is 1. The molecule has 0 radical (unpaired) electrons. The van der Waals surface area contributed by atoms with Crippen molar-refractivity contribution in [3.63, 3.8) is 0 Å². The lowest BCUT2D eigenvalue weighted by atomic mass is 10.6. The quantitative estimate of drug-likeness (QED) is 0.568. The van der Waals surface area contributed by atoms with E-state index in [1.807, 2.05) is 7.05 Å². The standard InChI is InChI=1S/C5H14N2.C2H4O/c1-6-4-5-7(2)3;1-2-3/h6H,4-5H2,1-3H3;2H,1H3. The summed E-state index contributed by atoms with van der Waals surface area (Å²) < 4.78 is 0. The van der Waals surface area contributed by atoms with Crippen LogP contribution < -0.4 is 5.32 Å². The van der Waals surface area contributed by atoms with Gasteiger partial charge in [0.25, 0.3) is 0 Å². The van der Waals surface area contributed by atoms with Crippen LogP contribution in [0, 0.1) is 0 Å². The molecule has 0 heterocycles. The van der Waals surface area contributed by atoms with Gasteiger partial charge < -0.3 is 15.0 Å². The molecule has 0 aromatic rings. The highest BCUT2D eigenvalue weighted by Crippen LogP contribution is 1.66. The molecule has 0 aromatic heterocycles. The third-order valence-electron chi connectivity index (χ3n) is 0.809. The maximum Gasteiger partial charge on any atom is 0.116 e. The molecule has 0 unspecified atom stereocenters. The van der Waals surface area contributed by atoms with E-state index in [0.717, 1.165) is 19.4 Å². The fourth-order valence-electron chi connectivity index (χ4n) is 0.335. The van der Waals surface area contributed by atoms with Gasteiger partial charge in [-0.2, -0.15) is 0 Å². The largest absolute Gasteiger partial charge is 0.318 e. The first-order valence-electron chi connectivity index (χ1n) is 3.38. The predicted octanol–water partition coefficient (Wildman–Crippen LogP) is -0.0274. The van der Waals surface area contributed by atoms with Gasteiger partial charge in [-0.3, -0.25) is 0 Å². The molecule has 0 aromatic carbocycles. The van der Waals surface area contributed by atoms with E-state index in [1.165, 1.54) is 6.92 Å². The van der Waals surface area contributed by atoms with E-state index in [-0.39, 0.29) is 0 Å². The molecule has 62 valence electrons. The number of hydrogen-bond acceptors (Lipinski definition) is 3. The zero-order valence-electron chi connectivity index (χ0n) is 7.35. The van der Waals surface area contributed by atoms with Crippen molar-refractivity contribution < 1.29 is 4.79 Å². The minimum absolute atomic E-state index is 0.750. The summed E-state index contributed by atoms with van der Waals surface area (Å²) in [5.41, 5.74) is 0. The monoisotopic (exact) mass is 146 g/mol. The Hall–Kier alpha value is -0.410. The summed E-state index contributed by atoms with van der Waals surface area (Å²) in [6.45, 7) is 3.64. The molecular formula is C7H18N2O. The van der Waals surface area contributed by atoms with Crippen LogP contribution in [0.1, 0.15) is 6.92 Å². The Labute approximate surface area is 63.4 Å². The van der Waals surface area contributed by atoms with Gasteiger partial charge >= 0.3 is 0 Å². The van der Waals surface area contributed by atoms with E-state index < -0.39 is 0 Å². The molecule has 0 fully saturated rings. The van der Waals surface area contributed by atoms with Crippen LogP contribution in [0.4, 0.5) is 0 Å². The molecule has 3 heteroatoms. The number of nitrogens with zero attached hydrogens (tertiary/aromatic N) is 1. The van der Waals surface area contributed by atoms with Gasteiger partial charge in [-0.1, -0.05) is 0 Å². The van der Waals surface area contributed by atoms with E-state index in [0.29, 0.717) is 0 Å². The van der Waals surface area contributed by atoms with Gasteiger partial charge in [-0.15, -0.1) is 0 Å². The summed E-state index contributed by atoms with van der Waals surface area (Å²) in [5.74, 6) is 0. The molecular weight excluding hydrogens is 128 g/mol. The van der Waals surface area contributed by atoms with Gasteiger partial charge in [-0.25, -0.2) is 0 Å². The van der Waals surface area contributed by atoms with Crippen molar-refractivity contribution in [3.05, 3.63) is 0 Å². The van der Waals surface area contributed by atoms with Crippen LogP contribution in [-0.4, -0.2) is 45.4 Å². The molecule has 10 heavy (non-hydrogen) atoms. The lowest BCUT2D eigenvalue weighted by Gasteiger charge is -2.06. The first-order chi connectivity index (χ1) is 4.68. The normalized spacial score (nSPS) is 8.50. The second-order valence-electron chi connectivity index (χ2n) is 2.14. The summed E-state index contributed by atoms with van der Waals surface area (Å²) in [6, 6.07) is 0. The molecule has 3 nitrogen and oxygen atoms in total. The Morgan fingerprint density at radius 3 is 2.00 bits per heavy atom. The number of likely N-dealkylation sites (N-methyl/N-ethyl adjacent to an activating group) is 2. The Bertz CT molecular complexity index is 64.6. The van der Waals surface area contributed by atoms with Crippen LogP contribution in [0.25, 0.3) is 0 Å². The summed E-state index contributed by atoms with van der Waals surface area (Å²) in [6.07, 6.45) is 0.750. The molecule has 0 bridgehead atoms. The molecule has 0 saturated carbocycles. The van der Waals surface area contributed by atoms with Gasteiger partial charge in [0.1, 0.15) is 6.29 Å². The molecule has 0 atom stereocenters. The summed E-state index contributed by atoms with van der Waals surface area (Å²) >= 11 is 0. The van der Waals surface area contributed by atoms with Crippen molar-refractivity contribution >= 4 is 6.29 Å². The average molecular weight is 146 g/mol. The second kappa shape index (κ2) is 11.4. The Morgan fingerprint density at radius 2 is 1.90 bits per heavy atom. The van der Waals surface area contributed by atoms with E-state index in [9.17, 15) is 0 Å². The molecule has 1 N–H and O–H groups in total. The molecule has 0 aliphatic carbocycles. The SMILES string of the molecule is CC=O.CNCCN(C)C. The number of carbonyl (C=O) groups excluding carboxylic acids is 1. The molecule has 0 aliphatic rings. The van der Waals surface area contributed by atoms with Crippen LogP contribution in [-0.2, 0) is 4.79 Å². The number of nitrogens with one attached hydrogen (secondary N) is 1. The van der Waals surface area contributed by atoms with Gasteiger partial charge in [0.15, 0.2) is 0 Å². The maximum atomic E-state index is 8.81. The molecule has 0 saturated heterocycles. The van der Waals surface area contributed by atoms with E-state index in [1.54, 1.807) is 0 Å². The Kier molecular flexibility index (Phi) is 14.0. The number of aldehydes is 1. The van der Waals surface area contributed by atoms with E-state index in [2.05, 4.69) is 24.3 Å². The van der Waals surface area contributed by atoms with E-state index >= 15 is 0 Å². The van der Waals surface area contributed by atoms with E-state index in [4.69, 9.17) is 4.79 Å². The van der Waals surface area contributed by atoms with Crippen LogP contribution in [0.3, 0.4) is 0 Å². The number of hydrogen-bond donors (Lipinski definition) is 1. The molecule has 0 amide bonds. The lowest BCUT2D eigenvalue weighted by molar-refractivity contribution is -0.106. The highest BCUT2D eigenvalue weighted by Gasteiger charge is 1.82. The van der Waals surface area contributed by atoms with Crippen molar-refractivity contribution in [2.45, 2.75) is 6.92 Å². The minimum Gasteiger partial charge on any atom is -0.318 e. The van der Waals surface area contributed by atoms with Crippen molar-refractivity contribution in [1.29, 1.82) is 0 Å². The average Bonchev–Trinajstić information content (AvgIpc) is 1.85. The number of rotatable bonds is 3. The predicted molar refractivity (Wildman–Crippen MR) is 44.2 cm³/mol. The highest BCUT2D eigenvalue weighted by atomic mass is 16.1. The molecule has 0 aliphatic heterocycles. The van der Waals surface area contributed by atoms with Crippen molar-refractivity contribution in [2.24, 2.45) is 0 Å². The topological polar surface area (TPSA) is 32.3 Å². The fourth-order valence-corrected chi connectivity index (χ4v) is 0.335. The maximum absolute atomic E-state index is 8.81. The molecule has 0 spiro atoms. The van der Waals surface area contributed by atoms with Crippen LogP contribution in [0.15, 0.2) is 0 Å².